The van der Waals surface area contributed by atoms with Crippen LogP contribution in [0.5, 0.6) is 5.75 Å². The van der Waals surface area contributed by atoms with Gasteiger partial charge in [-0.3, -0.25) is 4.79 Å². The summed E-state index contributed by atoms with van der Waals surface area (Å²) in [5.41, 5.74) is 2.67. The molecule has 25 heavy (non-hydrogen) atoms. The third-order valence-corrected chi connectivity index (χ3v) is 4.10. The molecule has 0 saturated carbocycles. The molecule has 0 aromatic heterocycles. The monoisotopic (exact) mass is 409 g/mol. The summed E-state index contributed by atoms with van der Waals surface area (Å²) in [4.78, 5) is 23.5. The number of amides is 1. The molecule has 1 amide bonds. The number of esters is 1. The van der Waals surface area contributed by atoms with E-state index in [1.165, 1.54) is 18.2 Å². The predicted octanol–water partition coefficient (Wildman–Crippen LogP) is 3.77. The Morgan fingerprint density at radius 3 is 2.64 bits per heavy atom. The van der Waals surface area contributed by atoms with E-state index in [-0.39, 0.29) is 6.61 Å². The van der Waals surface area contributed by atoms with Crippen molar-refractivity contribution >= 4 is 33.5 Å². The second-order valence-corrected chi connectivity index (χ2v) is 6.17. The maximum atomic E-state index is 13.0. The van der Waals surface area contributed by atoms with Gasteiger partial charge >= 0.3 is 5.97 Å². The van der Waals surface area contributed by atoms with Crippen LogP contribution in [0.25, 0.3) is 0 Å². The lowest BCUT2D eigenvalue weighted by Crippen LogP contribution is -2.24. The molecule has 0 atom stereocenters. The summed E-state index contributed by atoms with van der Waals surface area (Å²) in [6.07, 6.45) is 0. The molecule has 132 valence electrons. The van der Waals surface area contributed by atoms with E-state index in [4.69, 9.17) is 9.47 Å². The molecule has 0 spiro atoms. The minimum absolute atomic E-state index is 0.304. The van der Waals surface area contributed by atoms with Gasteiger partial charge in [0.15, 0.2) is 13.2 Å². The fourth-order valence-electron chi connectivity index (χ4n) is 1.99. The Kier molecular flexibility index (Phi) is 6.52. The summed E-state index contributed by atoms with van der Waals surface area (Å²) in [5.74, 6) is -1.26. The first-order valence-electron chi connectivity index (χ1n) is 7.46. The van der Waals surface area contributed by atoms with Crippen LogP contribution in [-0.2, 0) is 14.3 Å². The fraction of sp³-hybridized carbons (Fsp3) is 0.222. The highest BCUT2D eigenvalue weighted by atomic mass is 79.9. The number of aryl methyl sites for hydroxylation is 1. The minimum Gasteiger partial charge on any atom is -0.481 e. The smallest absolute Gasteiger partial charge is 0.344 e. The molecule has 0 heterocycles. The van der Waals surface area contributed by atoms with Crippen LogP contribution in [0.3, 0.4) is 0 Å². The number of rotatable bonds is 6. The van der Waals surface area contributed by atoms with Crippen molar-refractivity contribution in [2.24, 2.45) is 0 Å². The maximum Gasteiger partial charge on any atom is 0.344 e. The number of nitrogens with one attached hydrogen (secondary N) is 1. The van der Waals surface area contributed by atoms with Gasteiger partial charge in [0.2, 0.25) is 0 Å². The first-order valence-corrected chi connectivity index (χ1v) is 8.25. The van der Waals surface area contributed by atoms with Gasteiger partial charge in [-0.1, -0.05) is 12.1 Å². The maximum absolute atomic E-state index is 13.0. The van der Waals surface area contributed by atoms with Gasteiger partial charge in [0, 0.05) is 5.69 Å². The van der Waals surface area contributed by atoms with Gasteiger partial charge in [-0.25, -0.2) is 9.18 Å². The predicted molar refractivity (Wildman–Crippen MR) is 95.1 cm³/mol. The van der Waals surface area contributed by atoms with E-state index >= 15 is 0 Å². The second-order valence-electron chi connectivity index (χ2n) is 5.32. The molecule has 0 fully saturated rings. The molecule has 0 aliphatic rings. The van der Waals surface area contributed by atoms with Gasteiger partial charge in [-0.15, -0.1) is 0 Å². The molecule has 0 radical (unpaired) electrons. The van der Waals surface area contributed by atoms with Crippen LogP contribution in [-0.4, -0.2) is 25.1 Å². The Labute approximate surface area is 153 Å². The highest BCUT2D eigenvalue weighted by Crippen LogP contribution is 2.25. The molecule has 0 bridgehead atoms. The van der Waals surface area contributed by atoms with E-state index in [9.17, 15) is 14.0 Å². The Bertz CT molecular complexity index is 795. The fourth-order valence-corrected chi connectivity index (χ4v) is 2.45. The van der Waals surface area contributed by atoms with Crippen LogP contribution in [0.4, 0.5) is 10.1 Å². The number of benzene rings is 2. The number of carbonyl (C=O) groups is 2. The largest absolute Gasteiger partial charge is 0.481 e. The second kappa shape index (κ2) is 8.62. The lowest BCUT2D eigenvalue weighted by Gasteiger charge is -2.11. The molecule has 2 rings (SSSR count). The molecule has 1 N–H and O–H groups in total. The zero-order chi connectivity index (χ0) is 18.4. The third kappa shape index (κ3) is 5.56. The van der Waals surface area contributed by atoms with Crippen molar-refractivity contribution in [2.45, 2.75) is 13.8 Å². The van der Waals surface area contributed by atoms with Crippen LogP contribution < -0.4 is 10.1 Å². The Morgan fingerprint density at radius 2 is 1.92 bits per heavy atom. The van der Waals surface area contributed by atoms with Crippen molar-refractivity contribution in [1.82, 2.24) is 0 Å². The first-order chi connectivity index (χ1) is 11.9. The highest BCUT2D eigenvalue weighted by Gasteiger charge is 2.11. The van der Waals surface area contributed by atoms with Crippen molar-refractivity contribution in [1.29, 1.82) is 0 Å². The van der Waals surface area contributed by atoms with Crippen molar-refractivity contribution < 1.29 is 23.5 Å². The molecular weight excluding hydrogens is 393 g/mol. The number of hydrogen-bond donors (Lipinski definition) is 1. The van der Waals surface area contributed by atoms with Crippen LogP contribution in [0, 0.1) is 19.7 Å². The van der Waals surface area contributed by atoms with Crippen LogP contribution in [0.2, 0.25) is 0 Å². The highest BCUT2D eigenvalue weighted by molar-refractivity contribution is 9.10. The van der Waals surface area contributed by atoms with Gasteiger partial charge in [-0.05, 0) is 65.2 Å². The Balaban J connectivity index is 1.79. The number of hydrogen-bond acceptors (Lipinski definition) is 4. The lowest BCUT2D eigenvalue weighted by atomic mass is 10.1. The van der Waals surface area contributed by atoms with Crippen LogP contribution in [0.1, 0.15) is 11.1 Å². The van der Waals surface area contributed by atoms with E-state index in [1.54, 1.807) is 6.07 Å². The average molecular weight is 410 g/mol. The molecule has 7 heteroatoms. The van der Waals surface area contributed by atoms with Crippen molar-refractivity contribution in [3.63, 3.8) is 0 Å². The third-order valence-electron chi connectivity index (χ3n) is 3.48. The van der Waals surface area contributed by atoms with Crippen LogP contribution >= 0.6 is 15.9 Å². The topological polar surface area (TPSA) is 64.6 Å². The number of halogens is 2. The normalized spacial score (nSPS) is 10.2. The van der Waals surface area contributed by atoms with Crippen LogP contribution in [0.15, 0.2) is 40.9 Å². The average Bonchev–Trinajstić information content (AvgIpc) is 2.56. The summed E-state index contributed by atoms with van der Waals surface area (Å²) in [5, 5.41) is 2.69. The van der Waals surface area contributed by atoms with Gasteiger partial charge < -0.3 is 14.8 Å². The molecular formula is C18H17BrFNO4. The van der Waals surface area contributed by atoms with E-state index in [1.807, 2.05) is 26.0 Å². The van der Waals surface area contributed by atoms with Gasteiger partial charge in [0.1, 0.15) is 11.6 Å². The van der Waals surface area contributed by atoms with E-state index < -0.39 is 24.3 Å². The van der Waals surface area contributed by atoms with Gasteiger partial charge in [-0.2, -0.15) is 0 Å². The summed E-state index contributed by atoms with van der Waals surface area (Å²) >= 11 is 3.13. The standard InChI is InChI=1S/C18H17BrFNO4/c1-11-4-3-5-15(12(11)2)21-17(22)9-25-18(23)10-24-16-7-6-13(20)8-14(16)19/h3-8H,9-10H2,1-2H3,(H,21,22). The summed E-state index contributed by atoms with van der Waals surface area (Å²) < 4.78 is 23.4. The van der Waals surface area contributed by atoms with Gasteiger partial charge in [0.25, 0.3) is 5.91 Å². The molecule has 0 saturated heterocycles. The zero-order valence-corrected chi connectivity index (χ0v) is 15.4. The molecule has 5 nitrogen and oxygen atoms in total. The summed E-state index contributed by atoms with van der Waals surface area (Å²) in [7, 11) is 0. The Hall–Kier alpha value is -2.41. The van der Waals surface area contributed by atoms with E-state index in [0.717, 1.165) is 11.1 Å². The zero-order valence-electron chi connectivity index (χ0n) is 13.8. The summed E-state index contributed by atoms with van der Waals surface area (Å²) in [6.45, 7) is 3.03. The number of anilines is 1. The quantitative estimate of drug-likeness (QED) is 0.737. The molecule has 2 aromatic carbocycles. The van der Waals surface area contributed by atoms with Gasteiger partial charge in [0.05, 0.1) is 4.47 Å². The molecule has 0 unspecified atom stereocenters. The van der Waals surface area contributed by atoms with E-state index in [0.29, 0.717) is 15.9 Å². The van der Waals surface area contributed by atoms with Crippen molar-refractivity contribution in [2.75, 3.05) is 18.5 Å². The molecule has 2 aromatic rings. The SMILES string of the molecule is Cc1cccc(NC(=O)COC(=O)COc2ccc(F)cc2Br)c1C. The minimum atomic E-state index is -0.702. The Morgan fingerprint density at radius 1 is 1.16 bits per heavy atom. The van der Waals surface area contributed by atoms with Crippen molar-refractivity contribution in [3.05, 3.63) is 57.8 Å². The summed E-state index contributed by atoms with van der Waals surface area (Å²) in [6, 6.07) is 9.37. The lowest BCUT2D eigenvalue weighted by molar-refractivity contribution is -0.149. The first kappa shape index (κ1) is 18.9. The molecule has 0 aliphatic carbocycles. The molecule has 0 aliphatic heterocycles. The van der Waals surface area contributed by atoms with E-state index in [2.05, 4.69) is 21.2 Å². The van der Waals surface area contributed by atoms with Crippen molar-refractivity contribution in [3.8, 4) is 5.75 Å². The number of carbonyl (C=O) groups excluding carboxylic acids is 2. The number of ether oxygens (including phenoxy) is 2.